The molecule has 0 aromatic rings. The molecule has 17 heavy (non-hydrogen) atoms. The molecule has 1 amide bonds. The lowest BCUT2D eigenvalue weighted by atomic mass is 10.00. The summed E-state index contributed by atoms with van der Waals surface area (Å²) in [5, 5.41) is 3.22. The summed E-state index contributed by atoms with van der Waals surface area (Å²) < 4.78 is 5.30. The zero-order valence-electron chi connectivity index (χ0n) is 10.3. The maximum atomic E-state index is 10.7. The lowest BCUT2D eigenvalue weighted by Gasteiger charge is -2.23. The van der Waals surface area contributed by atoms with Crippen LogP contribution in [0.3, 0.4) is 0 Å². The first-order chi connectivity index (χ1) is 8.08. The molecule has 5 heteroatoms. The molecule has 0 aliphatic carbocycles. The first-order valence-electron chi connectivity index (χ1n) is 6.06. The highest BCUT2D eigenvalue weighted by Crippen LogP contribution is 2.13. The molecule has 1 saturated heterocycles. The number of nitrogens with one attached hydrogen (secondary N) is 1. The van der Waals surface area contributed by atoms with Gasteiger partial charge in [0.15, 0.2) is 0 Å². The molecule has 1 rings (SSSR count). The van der Waals surface area contributed by atoms with Crippen LogP contribution in [-0.4, -0.2) is 30.7 Å². The zero-order chi connectivity index (χ0) is 12.7. The zero-order valence-corrected chi connectivity index (χ0v) is 11.1. The van der Waals surface area contributed by atoms with Crippen molar-refractivity contribution < 1.29 is 9.53 Å². The molecule has 1 atom stereocenters. The van der Waals surface area contributed by atoms with Crippen molar-refractivity contribution >= 4 is 23.1 Å². The van der Waals surface area contributed by atoms with Crippen LogP contribution in [-0.2, 0) is 9.53 Å². The van der Waals surface area contributed by atoms with E-state index in [1.165, 1.54) is 0 Å². The first-order valence-corrected chi connectivity index (χ1v) is 6.47. The number of thiocarbonyl (C=S) groups is 1. The fourth-order valence-corrected chi connectivity index (χ4v) is 2.20. The summed E-state index contributed by atoms with van der Waals surface area (Å²) in [6.45, 7) is 4.52. The summed E-state index contributed by atoms with van der Waals surface area (Å²) in [5.41, 5.74) is 5.12. The minimum Gasteiger partial charge on any atom is -0.381 e. The molecule has 0 aromatic heterocycles. The molecular weight excluding hydrogens is 236 g/mol. The number of hydrogen-bond donors (Lipinski definition) is 2. The van der Waals surface area contributed by atoms with Gasteiger partial charge < -0.3 is 15.8 Å². The van der Waals surface area contributed by atoms with E-state index in [0.717, 1.165) is 32.6 Å². The molecule has 0 spiro atoms. The fraction of sp³-hybridized carbons (Fsp3) is 0.750. The van der Waals surface area contributed by atoms with Crippen molar-refractivity contribution in [3.8, 4) is 0 Å². The highest BCUT2D eigenvalue weighted by Gasteiger charge is 2.15. The van der Waals surface area contributed by atoms with Crippen molar-refractivity contribution in [2.24, 2.45) is 17.6 Å². The van der Waals surface area contributed by atoms with E-state index in [0.29, 0.717) is 17.3 Å². The number of amides is 1. The Bertz CT molecular complexity index is 265. The summed E-state index contributed by atoms with van der Waals surface area (Å²) in [7, 11) is 0. The normalized spacial score (nSPS) is 18.6. The SMILES string of the molecule is C[C@@H]([CH]C(=S)NCC1CCOCC1)CC(N)=O. The molecule has 1 aliphatic heterocycles. The van der Waals surface area contributed by atoms with Gasteiger partial charge in [-0.1, -0.05) is 19.1 Å². The second kappa shape index (κ2) is 7.61. The van der Waals surface area contributed by atoms with Crippen LogP contribution in [0.4, 0.5) is 0 Å². The minimum absolute atomic E-state index is 0.0992. The van der Waals surface area contributed by atoms with Gasteiger partial charge in [0.05, 0.1) is 4.99 Å². The van der Waals surface area contributed by atoms with Gasteiger partial charge in [-0.25, -0.2) is 0 Å². The molecule has 97 valence electrons. The van der Waals surface area contributed by atoms with E-state index in [2.05, 4.69) is 5.32 Å². The Labute approximate surface area is 108 Å². The van der Waals surface area contributed by atoms with Gasteiger partial charge in [-0.15, -0.1) is 0 Å². The number of ether oxygens (including phenoxy) is 1. The standard InChI is InChI=1S/C12H21N2O2S/c1-9(6-11(13)15)7-12(17)14-8-10-2-4-16-5-3-10/h7,9-10H,2-6,8H2,1H3,(H2,13,15)(H,14,17)/t9-/m1/s1. The number of carbonyl (C=O) groups excluding carboxylic acids is 1. The van der Waals surface area contributed by atoms with E-state index in [4.69, 9.17) is 22.7 Å². The average Bonchev–Trinajstić information content (AvgIpc) is 2.26. The molecule has 0 saturated carbocycles. The summed E-state index contributed by atoms with van der Waals surface area (Å²) in [5.74, 6) is 0.449. The maximum absolute atomic E-state index is 10.7. The Kier molecular flexibility index (Phi) is 6.44. The maximum Gasteiger partial charge on any atom is 0.217 e. The Balaban J connectivity index is 2.13. The summed E-state index contributed by atoms with van der Waals surface area (Å²) in [4.78, 5) is 11.4. The summed E-state index contributed by atoms with van der Waals surface area (Å²) in [6.07, 6.45) is 4.41. The molecule has 1 heterocycles. The topological polar surface area (TPSA) is 64.3 Å². The Morgan fingerprint density at radius 2 is 2.24 bits per heavy atom. The van der Waals surface area contributed by atoms with Gasteiger partial charge >= 0.3 is 0 Å². The number of nitrogens with two attached hydrogens (primary N) is 1. The van der Waals surface area contributed by atoms with Crippen molar-refractivity contribution in [1.29, 1.82) is 0 Å². The van der Waals surface area contributed by atoms with Gasteiger partial charge in [0, 0.05) is 32.6 Å². The van der Waals surface area contributed by atoms with Crippen LogP contribution < -0.4 is 11.1 Å². The van der Waals surface area contributed by atoms with Gasteiger partial charge in [0.2, 0.25) is 5.91 Å². The third kappa shape index (κ3) is 6.58. The van der Waals surface area contributed by atoms with Gasteiger partial charge in [0.25, 0.3) is 0 Å². The van der Waals surface area contributed by atoms with Crippen molar-refractivity contribution in [1.82, 2.24) is 5.32 Å². The molecule has 4 nitrogen and oxygen atoms in total. The van der Waals surface area contributed by atoms with Gasteiger partial charge in [0.1, 0.15) is 0 Å². The molecule has 1 aliphatic rings. The van der Waals surface area contributed by atoms with Crippen LogP contribution in [0.1, 0.15) is 26.2 Å². The molecule has 1 fully saturated rings. The Morgan fingerprint density at radius 3 is 2.82 bits per heavy atom. The third-order valence-corrected chi connectivity index (χ3v) is 3.15. The molecule has 0 bridgehead atoms. The van der Waals surface area contributed by atoms with Crippen LogP contribution in [0.2, 0.25) is 0 Å². The van der Waals surface area contributed by atoms with E-state index in [1.54, 1.807) is 0 Å². The highest BCUT2D eigenvalue weighted by atomic mass is 32.1. The highest BCUT2D eigenvalue weighted by molar-refractivity contribution is 7.80. The number of rotatable bonds is 6. The third-order valence-electron chi connectivity index (χ3n) is 2.86. The smallest absolute Gasteiger partial charge is 0.217 e. The second-order valence-corrected chi connectivity index (χ2v) is 5.06. The van der Waals surface area contributed by atoms with Crippen LogP contribution in [0.15, 0.2) is 0 Å². The van der Waals surface area contributed by atoms with Crippen LogP contribution in [0.25, 0.3) is 0 Å². The summed E-state index contributed by atoms with van der Waals surface area (Å²) >= 11 is 5.20. The monoisotopic (exact) mass is 257 g/mol. The van der Waals surface area contributed by atoms with E-state index < -0.39 is 0 Å². The average molecular weight is 257 g/mol. The van der Waals surface area contributed by atoms with Crippen molar-refractivity contribution in [3.63, 3.8) is 0 Å². The lowest BCUT2D eigenvalue weighted by Crippen LogP contribution is -2.32. The number of hydrogen-bond acceptors (Lipinski definition) is 3. The number of carbonyl (C=O) groups is 1. The van der Waals surface area contributed by atoms with E-state index in [9.17, 15) is 4.79 Å². The van der Waals surface area contributed by atoms with Gasteiger partial charge in [-0.2, -0.15) is 0 Å². The predicted octanol–water partition coefficient (Wildman–Crippen LogP) is 1.05. The van der Waals surface area contributed by atoms with Crippen molar-refractivity contribution in [2.75, 3.05) is 19.8 Å². The fourth-order valence-electron chi connectivity index (χ4n) is 1.89. The molecule has 0 aromatic carbocycles. The van der Waals surface area contributed by atoms with Crippen molar-refractivity contribution in [3.05, 3.63) is 6.42 Å². The lowest BCUT2D eigenvalue weighted by molar-refractivity contribution is -0.118. The Morgan fingerprint density at radius 1 is 1.59 bits per heavy atom. The van der Waals surface area contributed by atoms with Gasteiger partial charge in [-0.3, -0.25) is 4.79 Å². The van der Waals surface area contributed by atoms with Crippen LogP contribution in [0, 0.1) is 18.3 Å². The van der Waals surface area contributed by atoms with Crippen LogP contribution in [0.5, 0.6) is 0 Å². The largest absolute Gasteiger partial charge is 0.381 e. The van der Waals surface area contributed by atoms with Crippen LogP contribution >= 0.6 is 12.2 Å². The molecule has 3 N–H and O–H groups in total. The minimum atomic E-state index is -0.291. The first kappa shape index (κ1) is 14.4. The Hall–Kier alpha value is -0.680. The quantitative estimate of drug-likeness (QED) is 0.698. The number of primary amides is 1. The second-order valence-electron chi connectivity index (χ2n) is 4.62. The van der Waals surface area contributed by atoms with Gasteiger partial charge in [-0.05, 0) is 24.7 Å². The predicted molar refractivity (Wildman–Crippen MR) is 71.4 cm³/mol. The molecule has 0 unspecified atom stereocenters. The van der Waals surface area contributed by atoms with E-state index >= 15 is 0 Å². The summed E-state index contributed by atoms with van der Waals surface area (Å²) in [6, 6.07) is 0. The molecule has 1 radical (unpaired) electrons. The van der Waals surface area contributed by atoms with E-state index in [1.807, 2.05) is 13.3 Å². The van der Waals surface area contributed by atoms with Crippen molar-refractivity contribution in [2.45, 2.75) is 26.2 Å². The molecular formula is C12H21N2O2S. The van der Waals surface area contributed by atoms with E-state index in [-0.39, 0.29) is 11.8 Å².